The Labute approximate surface area is 92.7 Å². The normalized spacial score (nSPS) is 24.3. The van der Waals surface area contributed by atoms with Crippen LogP contribution in [0.25, 0.3) is 0 Å². The summed E-state index contributed by atoms with van der Waals surface area (Å²) in [6.45, 7) is 6.26. The minimum absolute atomic E-state index is 0.293. The van der Waals surface area contributed by atoms with Gasteiger partial charge in [-0.15, -0.1) is 0 Å². The molecular weight excluding hydrogens is 212 g/mol. The lowest BCUT2D eigenvalue weighted by atomic mass is 10.0. The Hall–Kier alpha value is -0.130. The van der Waals surface area contributed by atoms with E-state index < -0.39 is 9.84 Å². The summed E-state index contributed by atoms with van der Waals surface area (Å²) >= 11 is 0. The average molecular weight is 234 g/mol. The van der Waals surface area contributed by atoms with Crippen LogP contribution < -0.4 is 5.73 Å². The van der Waals surface area contributed by atoms with Gasteiger partial charge in [0.15, 0.2) is 9.84 Å². The molecule has 90 valence electrons. The topological polar surface area (TPSA) is 63.4 Å². The van der Waals surface area contributed by atoms with E-state index in [4.69, 9.17) is 5.73 Å². The van der Waals surface area contributed by atoms with E-state index in [1.807, 2.05) is 0 Å². The Morgan fingerprint density at radius 2 is 1.80 bits per heavy atom. The highest BCUT2D eigenvalue weighted by atomic mass is 32.2. The maximum atomic E-state index is 11.3. The first-order valence-electron chi connectivity index (χ1n) is 5.59. The highest BCUT2D eigenvalue weighted by Crippen LogP contribution is 2.14. The Morgan fingerprint density at radius 1 is 1.27 bits per heavy atom. The molecule has 0 aromatic carbocycles. The summed E-state index contributed by atoms with van der Waals surface area (Å²) in [6, 6.07) is 0.348. The Bertz CT molecular complexity index is 274. The van der Waals surface area contributed by atoms with Gasteiger partial charge in [-0.2, -0.15) is 0 Å². The molecular formula is C10H22N2O2S. The fourth-order valence-corrected chi connectivity index (χ4v) is 3.26. The molecule has 1 aliphatic heterocycles. The first kappa shape index (κ1) is 12.9. The molecule has 1 aliphatic rings. The van der Waals surface area contributed by atoms with Crippen LogP contribution in [-0.4, -0.2) is 50.5 Å². The molecule has 5 heteroatoms. The van der Waals surface area contributed by atoms with Gasteiger partial charge >= 0.3 is 0 Å². The van der Waals surface area contributed by atoms with E-state index in [9.17, 15) is 8.42 Å². The molecule has 1 heterocycles. The summed E-state index contributed by atoms with van der Waals surface area (Å²) in [7, 11) is -2.77. The molecule has 0 amide bonds. The molecule has 0 aromatic rings. The minimum Gasteiger partial charge on any atom is -0.329 e. The second-order valence-electron chi connectivity index (χ2n) is 4.71. The van der Waals surface area contributed by atoms with Crippen LogP contribution >= 0.6 is 0 Å². The van der Waals surface area contributed by atoms with Gasteiger partial charge in [-0.05, 0) is 12.3 Å². The van der Waals surface area contributed by atoms with Crippen LogP contribution in [0.2, 0.25) is 0 Å². The molecule has 2 N–H and O–H groups in total. The van der Waals surface area contributed by atoms with Gasteiger partial charge in [-0.1, -0.05) is 13.8 Å². The largest absolute Gasteiger partial charge is 0.329 e. The van der Waals surface area contributed by atoms with Crippen LogP contribution in [0.4, 0.5) is 0 Å². The third kappa shape index (κ3) is 4.09. The zero-order valence-electron chi connectivity index (χ0n) is 9.65. The van der Waals surface area contributed by atoms with Crippen molar-refractivity contribution < 1.29 is 8.42 Å². The Balaban J connectivity index is 2.49. The van der Waals surface area contributed by atoms with Crippen LogP contribution in [0.5, 0.6) is 0 Å². The molecule has 0 saturated carbocycles. The number of nitrogens with two attached hydrogens (primary N) is 1. The summed E-state index contributed by atoms with van der Waals surface area (Å²) in [4.78, 5) is 2.22. The van der Waals surface area contributed by atoms with Gasteiger partial charge in [0, 0.05) is 25.7 Å². The molecule has 0 aromatic heterocycles. The fraction of sp³-hybridized carbons (Fsp3) is 1.00. The highest BCUT2D eigenvalue weighted by Gasteiger charge is 2.26. The third-order valence-electron chi connectivity index (χ3n) is 2.91. The smallest absolute Gasteiger partial charge is 0.152 e. The van der Waals surface area contributed by atoms with Gasteiger partial charge in [0.05, 0.1) is 11.5 Å². The van der Waals surface area contributed by atoms with Crippen molar-refractivity contribution in [3.8, 4) is 0 Å². The van der Waals surface area contributed by atoms with E-state index in [0.717, 1.165) is 6.42 Å². The van der Waals surface area contributed by atoms with Gasteiger partial charge in [0.2, 0.25) is 0 Å². The third-order valence-corrected chi connectivity index (χ3v) is 4.52. The van der Waals surface area contributed by atoms with Gasteiger partial charge in [0.25, 0.3) is 0 Å². The van der Waals surface area contributed by atoms with Crippen LogP contribution in [0.1, 0.15) is 20.3 Å². The molecule has 4 nitrogen and oxygen atoms in total. The van der Waals surface area contributed by atoms with E-state index >= 15 is 0 Å². The van der Waals surface area contributed by atoms with Crippen molar-refractivity contribution in [2.24, 2.45) is 11.7 Å². The van der Waals surface area contributed by atoms with Gasteiger partial charge in [0.1, 0.15) is 0 Å². The zero-order chi connectivity index (χ0) is 11.5. The van der Waals surface area contributed by atoms with Crippen molar-refractivity contribution in [2.45, 2.75) is 26.3 Å². The van der Waals surface area contributed by atoms with Crippen molar-refractivity contribution in [2.75, 3.05) is 31.1 Å². The maximum Gasteiger partial charge on any atom is 0.152 e. The Kier molecular flexibility index (Phi) is 4.55. The van der Waals surface area contributed by atoms with Gasteiger partial charge in [-0.3, -0.25) is 4.90 Å². The van der Waals surface area contributed by atoms with Crippen molar-refractivity contribution in [1.29, 1.82) is 0 Å². The molecule has 15 heavy (non-hydrogen) atoms. The number of hydrogen-bond acceptors (Lipinski definition) is 4. The van der Waals surface area contributed by atoms with Crippen LogP contribution in [-0.2, 0) is 9.84 Å². The highest BCUT2D eigenvalue weighted by molar-refractivity contribution is 7.91. The van der Waals surface area contributed by atoms with Crippen molar-refractivity contribution in [1.82, 2.24) is 4.90 Å². The number of nitrogens with zero attached hydrogens (tertiary/aromatic N) is 1. The lowest BCUT2D eigenvalue weighted by molar-refractivity contribution is 0.192. The first-order valence-corrected chi connectivity index (χ1v) is 7.41. The average Bonchev–Trinajstić information content (AvgIpc) is 2.14. The molecule has 0 bridgehead atoms. The number of sulfone groups is 1. The molecule has 1 saturated heterocycles. The first-order chi connectivity index (χ1) is 6.94. The summed E-state index contributed by atoms with van der Waals surface area (Å²) < 4.78 is 22.5. The van der Waals surface area contributed by atoms with E-state index in [2.05, 4.69) is 18.7 Å². The zero-order valence-corrected chi connectivity index (χ0v) is 10.5. The number of hydrogen-bond donors (Lipinski definition) is 1. The van der Waals surface area contributed by atoms with E-state index in [-0.39, 0.29) is 0 Å². The summed E-state index contributed by atoms with van der Waals surface area (Å²) in [5.74, 6) is 1.19. The lowest BCUT2D eigenvalue weighted by Crippen LogP contribution is -2.49. The van der Waals surface area contributed by atoms with Crippen LogP contribution in [0, 0.1) is 5.92 Å². The molecule has 0 radical (unpaired) electrons. The number of rotatable bonds is 4. The Morgan fingerprint density at radius 3 is 2.20 bits per heavy atom. The van der Waals surface area contributed by atoms with Crippen molar-refractivity contribution in [3.63, 3.8) is 0 Å². The van der Waals surface area contributed by atoms with Crippen LogP contribution in [0.15, 0.2) is 0 Å². The second kappa shape index (κ2) is 5.27. The molecule has 0 aliphatic carbocycles. The molecule has 1 fully saturated rings. The SMILES string of the molecule is CC(C)CC(CN)N1CCS(=O)(=O)CC1. The monoisotopic (exact) mass is 234 g/mol. The summed E-state index contributed by atoms with van der Waals surface area (Å²) in [5, 5.41) is 0. The fourth-order valence-electron chi connectivity index (χ4n) is 2.03. The van der Waals surface area contributed by atoms with E-state index in [0.29, 0.717) is 43.1 Å². The van der Waals surface area contributed by atoms with E-state index in [1.54, 1.807) is 0 Å². The van der Waals surface area contributed by atoms with E-state index in [1.165, 1.54) is 0 Å². The minimum atomic E-state index is -2.77. The lowest BCUT2D eigenvalue weighted by Gasteiger charge is -2.34. The quantitative estimate of drug-likeness (QED) is 0.749. The van der Waals surface area contributed by atoms with Crippen molar-refractivity contribution in [3.05, 3.63) is 0 Å². The van der Waals surface area contributed by atoms with Crippen molar-refractivity contribution >= 4 is 9.84 Å². The predicted octanol–water partition coefficient (Wildman–Crippen LogP) is 0.0902. The molecule has 1 rings (SSSR count). The molecule has 0 spiro atoms. The summed E-state index contributed by atoms with van der Waals surface area (Å²) in [5.41, 5.74) is 5.73. The molecule has 1 atom stereocenters. The van der Waals surface area contributed by atoms with Gasteiger partial charge in [-0.25, -0.2) is 8.42 Å². The van der Waals surface area contributed by atoms with Gasteiger partial charge < -0.3 is 5.73 Å². The second-order valence-corrected chi connectivity index (χ2v) is 7.01. The predicted molar refractivity (Wildman–Crippen MR) is 62.5 cm³/mol. The van der Waals surface area contributed by atoms with Crippen LogP contribution in [0.3, 0.4) is 0 Å². The standard InChI is InChI=1S/C10H22N2O2S/c1-9(2)7-10(8-11)12-3-5-15(13,14)6-4-12/h9-10H,3-8,11H2,1-2H3. The molecule has 1 unspecified atom stereocenters. The maximum absolute atomic E-state index is 11.3. The summed E-state index contributed by atoms with van der Waals surface area (Å²) in [6.07, 6.45) is 1.05.